The minimum Gasteiger partial charge on any atom is -0.361 e. The molecule has 0 saturated heterocycles. The Morgan fingerprint density at radius 3 is 2.74 bits per heavy atom. The van der Waals surface area contributed by atoms with Gasteiger partial charge in [-0.05, 0) is 62.9 Å². The fourth-order valence-corrected chi connectivity index (χ4v) is 6.53. The van der Waals surface area contributed by atoms with E-state index in [9.17, 15) is 8.42 Å². The number of H-pyrrole nitrogens is 1. The van der Waals surface area contributed by atoms with Crippen LogP contribution in [0.1, 0.15) is 12.5 Å². The van der Waals surface area contributed by atoms with Gasteiger partial charge in [-0.3, -0.25) is 0 Å². The molecule has 0 bridgehead atoms. The zero-order chi connectivity index (χ0) is 16.6. The molecule has 0 aliphatic rings. The fraction of sp³-hybridized carbons (Fsp3) is 0.200. The van der Waals surface area contributed by atoms with E-state index in [0.717, 1.165) is 24.7 Å². The third kappa shape index (κ3) is 3.71. The van der Waals surface area contributed by atoms with Crippen molar-refractivity contribution >= 4 is 64.1 Å². The van der Waals surface area contributed by atoms with E-state index in [1.807, 2.05) is 37.4 Å². The van der Waals surface area contributed by atoms with Crippen molar-refractivity contribution in [2.45, 2.75) is 23.6 Å². The first-order chi connectivity index (χ1) is 10.9. The van der Waals surface area contributed by atoms with E-state index in [4.69, 9.17) is 0 Å². The number of thiophene rings is 1. The van der Waals surface area contributed by atoms with E-state index in [1.54, 1.807) is 6.07 Å². The molecule has 8 heteroatoms. The summed E-state index contributed by atoms with van der Waals surface area (Å²) < 4.78 is 29.4. The average Bonchev–Trinajstić information content (AvgIpc) is 3.04. The number of hydrogen-bond donors (Lipinski definition) is 2. The fourth-order valence-electron chi connectivity index (χ4n) is 2.45. The van der Waals surface area contributed by atoms with Crippen LogP contribution in [0.3, 0.4) is 0 Å². The van der Waals surface area contributed by atoms with Gasteiger partial charge in [0.15, 0.2) is 0 Å². The van der Waals surface area contributed by atoms with Crippen LogP contribution in [0.25, 0.3) is 10.9 Å². The molecule has 3 aromatic rings. The lowest BCUT2D eigenvalue weighted by molar-refractivity contribution is 0.562. The highest BCUT2D eigenvalue weighted by molar-refractivity contribution is 9.13. The predicted molar refractivity (Wildman–Crippen MR) is 102 cm³/mol. The molecule has 1 aromatic carbocycles. The van der Waals surface area contributed by atoms with Crippen LogP contribution >= 0.6 is 43.2 Å². The Bertz CT molecular complexity index is 928. The van der Waals surface area contributed by atoms with Gasteiger partial charge < -0.3 is 4.98 Å². The topological polar surface area (TPSA) is 62.0 Å². The van der Waals surface area contributed by atoms with Crippen molar-refractivity contribution in [1.29, 1.82) is 0 Å². The van der Waals surface area contributed by atoms with Gasteiger partial charge in [-0.25, -0.2) is 13.1 Å². The first-order valence-corrected chi connectivity index (χ1v) is 10.8. The molecule has 0 saturated carbocycles. The summed E-state index contributed by atoms with van der Waals surface area (Å²) >= 11 is 7.83. The third-order valence-electron chi connectivity index (χ3n) is 3.44. The number of aromatic nitrogens is 1. The molecular weight excluding hydrogens is 464 g/mol. The molecule has 1 unspecified atom stereocenters. The summed E-state index contributed by atoms with van der Waals surface area (Å²) in [7, 11) is -3.52. The highest BCUT2D eigenvalue weighted by Crippen LogP contribution is 2.34. The number of aromatic amines is 1. The first-order valence-electron chi connectivity index (χ1n) is 6.89. The summed E-state index contributed by atoms with van der Waals surface area (Å²) in [5, 5.41) is 1.13. The summed E-state index contributed by atoms with van der Waals surface area (Å²) in [6.45, 7) is 1.87. The highest BCUT2D eigenvalue weighted by Gasteiger charge is 2.21. The van der Waals surface area contributed by atoms with Crippen molar-refractivity contribution in [3.8, 4) is 0 Å². The van der Waals surface area contributed by atoms with Crippen LogP contribution in [0.2, 0.25) is 0 Å². The van der Waals surface area contributed by atoms with Crippen molar-refractivity contribution in [3.05, 3.63) is 50.4 Å². The largest absolute Gasteiger partial charge is 0.361 e. The Morgan fingerprint density at radius 1 is 1.30 bits per heavy atom. The predicted octanol–water partition coefficient (Wildman–Crippen LogP) is 4.66. The molecule has 2 N–H and O–H groups in total. The van der Waals surface area contributed by atoms with Gasteiger partial charge in [-0.1, -0.05) is 18.2 Å². The number of halogens is 2. The number of para-hydroxylation sites is 1. The molecule has 0 spiro atoms. The summed E-state index contributed by atoms with van der Waals surface area (Å²) in [5.74, 6) is 0. The zero-order valence-electron chi connectivity index (χ0n) is 12.1. The quantitative estimate of drug-likeness (QED) is 0.561. The smallest absolute Gasteiger partial charge is 0.250 e. The molecule has 2 heterocycles. The van der Waals surface area contributed by atoms with Gasteiger partial charge in [0.05, 0.1) is 3.79 Å². The SMILES string of the molecule is CC(Cc1c[nH]c2ccccc12)NS(=O)(=O)c1cc(Br)c(Br)s1. The van der Waals surface area contributed by atoms with Gasteiger partial charge in [0.25, 0.3) is 0 Å². The minimum atomic E-state index is -3.52. The van der Waals surface area contributed by atoms with E-state index in [2.05, 4.69) is 41.6 Å². The summed E-state index contributed by atoms with van der Waals surface area (Å²) in [5.41, 5.74) is 2.16. The number of sulfonamides is 1. The molecule has 2 aromatic heterocycles. The summed E-state index contributed by atoms with van der Waals surface area (Å²) in [4.78, 5) is 3.21. The summed E-state index contributed by atoms with van der Waals surface area (Å²) in [6, 6.07) is 9.40. The number of hydrogen-bond acceptors (Lipinski definition) is 3. The third-order valence-corrected chi connectivity index (χ3v) is 8.76. The van der Waals surface area contributed by atoms with Crippen LogP contribution in [-0.2, 0) is 16.4 Å². The lowest BCUT2D eigenvalue weighted by Gasteiger charge is -2.13. The monoisotopic (exact) mass is 476 g/mol. The maximum atomic E-state index is 12.5. The molecule has 0 radical (unpaired) electrons. The van der Waals surface area contributed by atoms with Crippen LogP contribution in [0.5, 0.6) is 0 Å². The average molecular weight is 478 g/mol. The maximum Gasteiger partial charge on any atom is 0.250 e. The van der Waals surface area contributed by atoms with Crippen molar-refractivity contribution in [2.75, 3.05) is 0 Å². The van der Waals surface area contributed by atoms with E-state index < -0.39 is 10.0 Å². The zero-order valence-corrected chi connectivity index (χ0v) is 16.9. The number of benzene rings is 1. The van der Waals surface area contributed by atoms with Gasteiger partial charge >= 0.3 is 0 Å². The molecule has 122 valence electrons. The van der Waals surface area contributed by atoms with Gasteiger partial charge in [-0.2, -0.15) is 0 Å². The second-order valence-corrected chi connectivity index (χ2v) is 10.4. The molecule has 23 heavy (non-hydrogen) atoms. The lowest BCUT2D eigenvalue weighted by Crippen LogP contribution is -2.33. The number of rotatable bonds is 5. The second-order valence-electron chi connectivity index (χ2n) is 5.27. The highest BCUT2D eigenvalue weighted by atomic mass is 79.9. The molecule has 4 nitrogen and oxygen atoms in total. The van der Waals surface area contributed by atoms with Gasteiger partial charge in [0.1, 0.15) is 4.21 Å². The molecule has 0 aliphatic carbocycles. The molecule has 3 rings (SSSR count). The maximum absolute atomic E-state index is 12.5. The summed E-state index contributed by atoms with van der Waals surface area (Å²) in [6.07, 6.45) is 2.56. The molecule has 0 fully saturated rings. The lowest BCUT2D eigenvalue weighted by atomic mass is 10.1. The Morgan fingerprint density at radius 2 is 2.04 bits per heavy atom. The van der Waals surface area contributed by atoms with E-state index >= 15 is 0 Å². The number of nitrogens with one attached hydrogen (secondary N) is 2. The Balaban J connectivity index is 1.77. The Hall–Kier alpha value is -0.670. The van der Waals surface area contributed by atoms with Gasteiger partial charge in [0.2, 0.25) is 10.0 Å². The van der Waals surface area contributed by atoms with E-state index in [0.29, 0.717) is 10.6 Å². The molecule has 0 aliphatic heterocycles. The first kappa shape index (κ1) is 17.2. The minimum absolute atomic E-state index is 0.209. The molecule has 1 atom stereocenters. The Labute approximate surface area is 155 Å². The Kier molecular flexibility index (Phi) is 4.98. The number of fused-ring (bicyclic) bond motifs is 1. The normalized spacial score (nSPS) is 13.5. The standard InChI is InChI=1S/C15H14Br2N2O2S2/c1-9(6-10-8-18-13-5-3-2-4-11(10)13)19-23(20,21)14-7-12(16)15(17)22-14/h2-5,7-9,18-19H,6H2,1H3. The van der Waals surface area contributed by atoms with Crippen molar-refractivity contribution in [3.63, 3.8) is 0 Å². The van der Waals surface area contributed by atoms with Gasteiger partial charge in [-0.15, -0.1) is 11.3 Å². The van der Waals surface area contributed by atoms with E-state index in [-0.39, 0.29) is 6.04 Å². The molecular formula is C15H14Br2N2O2S2. The van der Waals surface area contributed by atoms with Crippen molar-refractivity contribution < 1.29 is 8.42 Å². The van der Waals surface area contributed by atoms with Crippen LogP contribution in [0, 0.1) is 0 Å². The van der Waals surface area contributed by atoms with E-state index in [1.165, 1.54) is 11.3 Å². The van der Waals surface area contributed by atoms with Crippen molar-refractivity contribution in [1.82, 2.24) is 9.71 Å². The second kappa shape index (κ2) is 6.68. The molecule has 0 amide bonds. The van der Waals surface area contributed by atoms with Crippen LogP contribution < -0.4 is 4.72 Å². The van der Waals surface area contributed by atoms with Crippen molar-refractivity contribution in [2.24, 2.45) is 0 Å². The van der Waals surface area contributed by atoms with Gasteiger partial charge in [0, 0.05) is 27.6 Å². The van der Waals surface area contributed by atoms with Crippen LogP contribution in [0.4, 0.5) is 0 Å². The van der Waals surface area contributed by atoms with Crippen LogP contribution in [-0.4, -0.2) is 19.4 Å². The van der Waals surface area contributed by atoms with Crippen LogP contribution in [0.15, 0.2) is 49.0 Å².